The Morgan fingerprint density at radius 1 is 1.21 bits per heavy atom. The van der Waals surface area contributed by atoms with Crippen LogP contribution in [0.2, 0.25) is 18.1 Å². The zero-order chi connectivity index (χ0) is 24.4. The fourth-order valence-electron chi connectivity index (χ4n) is 6.86. The van der Waals surface area contributed by atoms with Gasteiger partial charge in [0.05, 0.1) is 30.5 Å². The van der Waals surface area contributed by atoms with Gasteiger partial charge in [-0.05, 0) is 67.5 Å². The number of hydrogen-bond donors (Lipinski definition) is 2. The minimum atomic E-state index is -2.05. The van der Waals surface area contributed by atoms with E-state index in [-0.39, 0.29) is 53.2 Å². The molecule has 2 aliphatic heterocycles. The lowest BCUT2D eigenvalue weighted by Gasteiger charge is -2.60. The molecule has 33 heavy (non-hydrogen) atoms. The Bertz CT molecular complexity index is 812. The number of carbonyl (C=O) groups excluding carboxylic acids is 1. The topological polar surface area (TPSA) is 88.5 Å². The van der Waals surface area contributed by atoms with E-state index in [9.17, 15) is 15.0 Å². The van der Waals surface area contributed by atoms with Crippen molar-refractivity contribution < 1.29 is 28.9 Å². The molecule has 0 aromatic rings. The van der Waals surface area contributed by atoms with Gasteiger partial charge in [0.25, 0.3) is 0 Å². The van der Waals surface area contributed by atoms with Crippen molar-refractivity contribution in [2.75, 3.05) is 19.8 Å². The molecule has 0 bridgehead atoms. The van der Waals surface area contributed by atoms with E-state index in [0.717, 1.165) is 32.3 Å². The zero-order valence-electron chi connectivity index (χ0n) is 21.6. The third-order valence-electron chi connectivity index (χ3n) is 10.2. The molecule has 0 aromatic heterocycles. The van der Waals surface area contributed by atoms with Gasteiger partial charge >= 0.3 is 5.97 Å². The number of epoxide rings is 1. The quantitative estimate of drug-likeness (QED) is 0.265. The number of aliphatic hydroxyl groups excluding tert-OH is 2. The van der Waals surface area contributed by atoms with Crippen molar-refractivity contribution in [3.8, 4) is 0 Å². The highest BCUT2D eigenvalue weighted by molar-refractivity contribution is 6.74. The molecule has 0 unspecified atom stereocenters. The summed E-state index contributed by atoms with van der Waals surface area (Å²) >= 11 is 0. The second kappa shape index (κ2) is 8.15. The Labute approximate surface area is 200 Å². The number of rotatable bonds is 5. The summed E-state index contributed by atoms with van der Waals surface area (Å²) in [6, 6.07) is 0. The number of allylic oxidation sites excluding steroid dienone is 1. The first-order chi connectivity index (χ1) is 15.2. The van der Waals surface area contributed by atoms with Gasteiger partial charge in [-0.25, -0.2) is 4.79 Å². The number of carbonyl (C=O) groups is 1. The van der Waals surface area contributed by atoms with Crippen LogP contribution in [-0.4, -0.2) is 62.1 Å². The van der Waals surface area contributed by atoms with E-state index in [1.54, 1.807) is 0 Å². The average molecular weight is 481 g/mol. The highest BCUT2D eigenvalue weighted by Crippen LogP contribution is 2.66. The largest absolute Gasteiger partial charge is 0.459 e. The molecule has 6 nitrogen and oxygen atoms in total. The lowest BCUT2D eigenvalue weighted by molar-refractivity contribution is -0.175. The molecule has 1 spiro atoms. The molecule has 2 N–H and O–H groups in total. The minimum Gasteiger partial charge on any atom is -0.459 e. The summed E-state index contributed by atoms with van der Waals surface area (Å²) in [5, 5.41) is 21.1. The summed E-state index contributed by atoms with van der Waals surface area (Å²) in [7, 11) is -2.05. The lowest BCUT2D eigenvalue weighted by atomic mass is 9.45. The molecular formula is C26H44O6Si. The second-order valence-corrected chi connectivity index (χ2v) is 17.8. The van der Waals surface area contributed by atoms with Crippen molar-refractivity contribution in [1.29, 1.82) is 0 Å². The van der Waals surface area contributed by atoms with E-state index in [0.29, 0.717) is 12.0 Å². The van der Waals surface area contributed by atoms with Crippen molar-refractivity contribution in [3.63, 3.8) is 0 Å². The smallest absolute Gasteiger partial charge is 0.336 e. The van der Waals surface area contributed by atoms with E-state index in [2.05, 4.69) is 46.9 Å². The van der Waals surface area contributed by atoms with E-state index in [1.165, 1.54) is 0 Å². The fourth-order valence-corrected chi connectivity index (χ4v) is 8.12. The Morgan fingerprint density at radius 3 is 2.45 bits per heavy atom. The van der Waals surface area contributed by atoms with Crippen LogP contribution in [0.1, 0.15) is 66.7 Å². The molecule has 4 aliphatic rings. The maximum absolute atomic E-state index is 12.7. The average Bonchev–Trinajstić information content (AvgIpc) is 3.41. The van der Waals surface area contributed by atoms with E-state index in [4.69, 9.17) is 13.9 Å². The van der Waals surface area contributed by atoms with Crippen molar-refractivity contribution in [2.45, 2.75) is 103 Å². The predicted molar refractivity (Wildman–Crippen MR) is 129 cm³/mol. The number of cyclic esters (lactones) is 1. The minimum absolute atomic E-state index is 0.00908. The van der Waals surface area contributed by atoms with Gasteiger partial charge in [0.2, 0.25) is 0 Å². The molecule has 0 radical (unpaired) electrons. The molecule has 7 atom stereocenters. The first kappa shape index (κ1) is 25.4. The van der Waals surface area contributed by atoms with Gasteiger partial charge in [0.1, 0.15) is 12.7 Å². The molecule has 2 aliphatic carbocycles. The van der Waals surface area contributed by atoms with Crippen molar-refractivity contribution in [2.24, 2.45) is 22.7 Å². The third-order valence-corrected chi connectivity index (χ3v) is 14.7. The Morgan fingerprint density at radius 2 is 1.88 bits per heavy atom. The summed E-state index contributed by atoms with van der Waals surface area (Å²) in [6.45, 7) is 16.4. The number of fused-ring (bicyclic) bond motifs is 1. The molecule has 2 saturated heterocycles. The number of esters is 1. The Hall–Kier alpha value is -0.733. The maximum Gasteiger partial charge on any atom is 0.336 e. The molecule has 2 saturated carbocycles. The van der Waals surface area contributed by atoms with Crippen LogP contribution >= 0.6 is 0 Å². The molecular weight excluding hydrogens is 436 g/mol. The SMILES string of the molecule is CC(C)(C)[Si](C)(C)O[C@@H]1COC(=O)/C1=C/C[C@@H]1[C@]2(CC[C@@H]3[C@](C)(CO)[C@H](O)CC[C@]31C)CO2. The Balaban J connectivity index is 1.61. The third kappa shape index (κ3) is 4.06. The number of aliphatic hydroxyl groups is 2. The molecule has 0 aromatic carbocycles. The molecule has 188 valence electrons. The summed E-state index contributed by atoms with van der Waals surface area (Å²) in [6.07, 6.45) is 5.49. The highest BCUT2D eigenvalue weighted by Gasteiger charge is 2.66. The molecule has 7 heteroatoms. The molecule has 4 fully saturated rings. The van der Waals surface area contributed by atoms with Crippen molar-refractivity contribution >= 4 is 14.3 Å². The van der Waals surface area contributed by atoms with Crippen LogP contribution in [0.4, 0.5) is 0 Å². The molecule has 2 heterocycles. The van der Waals surface area contributed by atoms with Crippen LogP contribution in [0.25, 0.3) is 0 Å². The van der Waals surface area contributed by atoms with Gasteiger partial charge in [-0.1, -0.05) is 40.7 Å². The normalized spacial score (nSPS) is 44.8. The summed E-state index contributed by atoms with van der Waals surface area (Å²) < 4.78 is 18.1. The lowest BCUT2D eigenvalue weighted by Crippen LogP contribution is -2.60. The second-order valence-electron chi connectivity index (χ2n) is 13.1. The van der Waals surface area contributed by atoms with E-state index < -0.39 is 19.8 Å². The van der Waals surface area contributed by atoms with Crippen LogP contribution in [0.15, 0.2) is 11.6 Å². The predicted octanol–water partition coefficient (Wildman–Crippen LogP) is 4.20. The van der Waals surface area contributed by atoms with Gasteiger partial charge in [0.15, 0.2) is 8.32 Å². The standard InChI is InChI=1S/C26H44O6Si/c1-23(2,3)33(6,7)32-18-14-30-22(29)17(18)8-9-20-24(4)12-11-21(28)25(5,15-27)19(24)10-13-26(20)16-31-26/h8,18-21,27-28H,9-16H2,1-7H3/b17-8+/t18-,19+,20+,21-,24-,25+,26+/m1/s1. The first-order valence-corrected chi connectivity index (χ1v) is 15.6. The van der Waals surface area contributed by atoms with Crippen LogP contribution in [0, 0.1) is 22.7 Å². The van der Waals surface area contributed by atoms with Crippen molar-refractivity contribution in [3.05, 3.63) is 11.6 Å². The summed E-state index contributed by atoms with van der Waals surface area (Å²) in [4.78, 5) is 12.7. The van der Waals surface area contributed by atoms with Gasteiger partial charge in [0, 0.05) is 5.41 Å². The van der Waals surface area contributed by atoms with E-state index in [1.807, 2.05) is 6.92 Å². The zero-order valence-corrected chi connectivity index (χ0v) is 22.6. The van der Waals surface area contributed by atoms with Crippen LogP contribution in [0.3, 0.4) is 0 Å². The molecule has 0 amide bonds. The van der Waals surface area contributed by atoms with Crippen LogP contribution in [-0.2, 0) is 18.7 Å². The van der Waals surface area contributed by atoms with Gasteiger partial charge < -0.3 is 24.1 Å². The Kier molecular flexibility index (Phi) is 6.27. The van der Waals surface area contributed by atoms with Gasteiger partial charge in [-0.3, -0.25) is 0 Å². The van der Waals surface area contributed by atoms with Gasteiger partial charge in [-0.15, -0.1) is 0 Å². The van der Waals surface area contributed by atoms with Crippen molar-refractivity contribution in [1.82, 2.24) is 0 Å². The van der Waals surface area contributed by atoms with E-state index >= 15 is 0 Å². The van der Waals surface area contributed by atoms with Crippen LogP contribution < -0.4 is 0 Å². The highest BCUT2D eigenvalue weighted by atomic mass is 28.4. The monoisotopic (exact) mass is 480 g/mol. The summed E-state index contributed by atoms with van der Waals surface area (Å²) in [5.74, 6) is 0.185. The summed E-state index contributed by atoms with van der Waals surface area (Å²) in [5.41, 5.74) is -0.0583. The fraction of sp³-hybridized carbons (Fsp3) is 0.885. The first-order valence-electron chi connectivity index (χ1n) is 12.7. The van der Waals surface area contributed by atoms with Gasteiger partial charge in [-0.2, -0.15) is 0 Å². The number of hydrogen-bond acceptors (Lipinski definition) is 6. The number of ether oxygens (including phenoxy) is 2. The van der Waals surface area contributed by atoms with Crippen LogP contribution in [0.5, 0.6) is 0 Å². The molecule has 4 rings (SSSR count). The maximum atomic E-state index is 12.7.